The molecule has 5 saturated heterocycles. The third-order valence-electron chi connectivity index (χ3n) is 13.6. The molecule has 5 aliphatic heterocycles. The minimum atomic E-state index is -1.33. The molecule has 0 aromatic carbocycles. The molecular formula is C30H54BN3Si. The second kappa shape index (κ2) is 9.42. The topological polar surface area (TPSA) is 36.1 Å². The Labute approximate surface area is 217 Å². The van der Waals surface area contributed by atoms with Crippen LogP contribution in [0.15, 0.2) is 0 Å². The molecule has 5 heteroatoms. The van der Waals surface area contributed by atoms with Gasteiger partial charge in [-0.1, -0.05) is 95.4 Å². The molecule has 0 radical (unpaired) electrons. The van der Waals surface area contributed by atoms with Gasteiger partial charge in [0.25, 0.3) is 0 Å². The van der Waals surface area contributed by atoms with E-state index in [0.717, 1.165) is 59.3 Å². The molecule has 196 valence electrons. The molecule has 7 aliphatic rings. The predicted molar refractivity (Wildman–Crippen MR) is 152 cm³/mol. The average Bonchev–Trinajstić information content (AvgIpc) is 2.92. The Bertz CT molecular complexity index is 717. The van der Waals surface area contributed by atoms with E-state index in [0.29, 0.717) is 5.41 Å². The van der Waals surface area contributed by atoms with Gasteiger partial charge in [0, 0.05) is 17.5 Å². The SMILES string of the molecule is C[Si]1(C)C2CCCNC2C2(C3CCCCC3B(C3CCCCC3)C3NCCCC32)C2NCCCC21. The Morgan fingerprint density at radius 3 is 1.89 bits per heavy atom. The molecule has 8 unspecified atom stereocenters. The quantitative estimate of drug-likeness (QED) is 0.376. The molecule has 3 N–H and O–H groups in total. The summed E-state index contributed by atoms with van der Waals surface area (Å²) < 4.78 is 0. The molecule has 1 spiro atoms. The van der Waals surface area contributed by atoms with Crippen molar-refractivity contribution in [2.24, 2.45) is 17.3 Å². The Kier molecular flexibility index (Phi) is 6.52. The predicted octanol–water partition coefficient (Wildman–Crippen LogP) is 6.25. The van der Waals surface area contributed by atoms with E-state index >= 15 is 0 Å². The van der Waals surface area contributed by atoms with E-state index in [9.17, 15) is 0 Å². The monoisotopic (exact) mass is 495 g/mol. The van der Waals surface area contributed by atoms with Gasteiger partial charge in [-0.05, 0) is 74.2 Å². The molecule has 8 atom stereocenters. The molecule has 0 bridgehead atoms. The molecule has 0 aromatic rings. The van der Waals surface area contributed by atoms with Gasteiger partial charge in [0.1, 0.15) is 0 Å². The molecule has 7 fully saturated rings. The van der Waals surface area contributed by atoms with Crippen molar-refractivity contribution < 1.29 is 0 Å². The lowest BCUT2D eigenvalue weighted by Gasteiger charge is -2.74. The van der Waals surface area contributed by atoms with Crippen LogP contribution in [0.1, 0.15) is 96.3 Å². The van der Waals surface area contributed by atoms with Crippen LogP contribution in [0.2, 0.25) is 35.8 Å². The third kappa shape index (κ3) is 3.52. The minimum Gasteiger partial charge on any atom is -0.321 e. The fraction of sp³-hybridized carbons (Fsp3) is 1.00. The highest BCUT2D eigenvalue weighted by molar-refractivity contribution is 6.81. The first kappa shape index (κ1) is 24.2. The highest BCUT2D eigenvalue weighted by Crippen LogP contribution is 2.70. The fourth-order valence-electron chi connectivity index (χ4n) is 12.6. The zero-order valence-electron chi connectivity index (χ0n) is 23.0. The maximum absolute atomic E-state index is 4.40. The van der Waals surface area contributed by atoms with E-state index in [1.807, 2.05) is 0 Å². The first-order valence-corrected chi connectivity index (χ1v) is 19.5. The standard InChI is InChI=1S/C30H54BN3Si/c1-35(2)25-16-9-18-32-27(25)30(28-26(35)17-10-19-33-28)22-13-6-7-15-24(22)31(21-11-4-3-5-12-21)29-23(30)14-8-20-34-29/h21-29,32-34H,3-20H2,1-2H3. The van der Waals surface area contributed by atoms with E-state index < -0.39 is 8.07 Å². The minimum absolute atomic E-state index is 0.507. The van der Waals surface area contributed by atoms with Crippen molar-refractivity contribution in [2.45, 2.75) is 150 Å². The third-order valence-corrected chi connectivity index (χ3v) is 18.7. The Hall–Kier alpha value is 0.162. The lowest BCUT2D eigenvalue weighted by Crippen LogP contribution is -2.81. The number of nitrogens with one attached hydrogen (secondary N) is 3. The summed E-state index contributed by atoms with van der Waals surface area (Å²) in [7, 11) is -1.33. The molecule has 0 aromatic heterocycles. The molecule has 3 nitrogen and oxygen atoms in total. The number of piperidine rings is 3. The van der Waals surface area contributed by atoms with Gasteiger partial charge in [-0.3, -0.25) is 0 Å². The van der Waals surface area contributed by atoms with E-state index in [-0.39, 0.29) is 0 Å². The van der Waals surface area contributed by atoms with Crippen LogP contribution < -0.4 is 16.0 Å². The molecule has 5 heterocycles. The van der Waals surface area contributed by atoms with Crippen LogP contribution >= 0.6 is 0 Å². The molecule has 2 saturated carbocycles. The van der Waals surface area contributed by atoms with Gasteiger partial charge in [-0.15, -0.1) is 0 Å². The van der Waals surface area contributed by atoms with E-state index in [1.54, 1.807) is 25.7 Å². The van der Waals surface area contributed by atoms with Crippen molar-refractivity contribution in [1.29, 1.82) is 0 Å². The van der Waals surface area contributed by atoms with Gasteiger partial charge in [0.15, 0.2) is 6.71 Å². The van der Waals surface area contributed by atoms with Crippen LogP contribution in [0.25, 0.3) is 0 Å². The van der Waals surface area contributed by atoms with Crippen LogP contribution in [0, 0.1) is 17.3 Å². The van der Waals surface area contributed by atoms with E-state index in [2.05, 4.69) is 29.0 Å². The number of rotatable bonds is 1. The van der Waals surface area contributed by atoms with E-state index in [1.165, 1.54) is 90.3 Å². The van der Waals surface area contributed by atoms with Crippen LogP contribution in [-0.4, -0.2) is 52.4 Å². The first-order valence-electron chi connectivity index (χ1n) is 16.3. The van der Waals surface area contributed by atoms with Crippen molar-refractivity contribution in [3.8, 4) is 0 Å². The Morgan fingerprint density at radius 1 is 0.600 bits per heavy atom. The van der Waals surface area contributed by atoms with Gasteiger partial charge in [-0.2, -0.15) is 0 Å². The van der Waals surface area contributed by atoms with Gasteiger partial charge < -0.3 is 16.0 Å². The number of hydrogen-bond donors (Lipinski definition) is 3. The summed E-state index contributed by atoms with van der Waals surface area (Å²) in [4.78, 5) is 0. The second-order valence-electron chi connectivity index (χ2n) is 14.9. The number of hydrogen-bond acceptors (Lipinski definition) is 3. The zero-order chi connectivity index (χ0) is 23.6. The maximum atomic E-state index is 4.40. The average molecular weight is 496 g/mol. The van der Waals surface area contributed by atoms with Crippen molar-refractivity contribution in [3.05, 3.63) is 0 Å². The van der Waals surface area contributed by atoms with Crippen molar-refractivity contribution >= 4 is 14.8 Å². The van der Waals surface area contributed by atoms with Crippen molar-refractivity contribution in [2.75, 3.05) is 19.6 Å². The zero-order valence-corrected chi connectivity index (χ0v) is 24.0. The van der Waals surface area contributed by atoms with Crippen LogP contribution in [0.5, 0.6) is 0 Å². The lowest BCUT2D eigenvalue weighted by atomic mass is 9.18. The highest BCUT2D eigenvalue weighted by Gasteiger charge is 2.72. The summed E-state index contributed by atoms with van der Waals surface area (Å²) in [6.45, 7) is 10.5. The van der Waals surface area contributed by atoms with E-state index in [4.69, 9.17) is 0 Å². The normalized spacial score (nSPS) is 50.1. The summed E-state index contributed by atoms with van der Waals surface area (Å²) in [6.07, 6.45) is 22.6. The second-order valence-corrected chi connectivity index (χ2v) is 20.1. The van der Waals surface area contributed by atoms with Crippen LogP contribution in [-0.2, 0) is 0 Å². The van der Waals surface area contributed by atoms with Gasteiger partial charge in [0.2, 0.25) is 0 Å². The van der Waals surface area contributed by atoms with Crippen LogP contribution in [0.3, 0.4) is 0 Å². The molecule has 7 rings (SSSR count). The first-order chi connectivity index (χ1) is 17.1. The maximum Gasteiger partial charge on any atom is 0.167 e. The van der Waals surface area contributed by atoms with Gasteiger partial charge >= 0.3 is 0 Å². The smallest absolute Gasteiger partial charge is 0.167 e. The van der Waals surface area contributed by atoms with Crippen LogP contribution in [0.4, 0.5) is 0 Å². The highest BCUT2D eigenvalue weighted by atomic mass is 28.3. The largest absolute Gasteiger partial charge is 0.321 e. The summed E-state index contributed by atoms with van der Waals surface area (Å²) in [5, 5.41) is 13.1. The Balaban J connectivity index is 1.39. The molecule has 35 heavy (non-hydrogen) atoms. The molecule has 0 amide bonds. The van der Waals surface area contributed by atoms with Gasteiger partial charge in [-0.25, -0.2) is 0 Å². The van der Waals surface area contributed by atoms with Gasteiger partial charge in [0.05, 0.1) is 8.07 Å². The Morgan fingerprint density at radius 2 is 1.17 bits per heavy atom. The van der Waals surface area contributed by atoms with Crippen molar-refractivity contribution in [1.82, 2.24) is 16.0 Å². The lowest BCUT2D eigenvalue weighted by molar-refractivity contribution is -0.0841. The fourth-order valence-corrected chi connectivity index (χ4v) is 17.6. The summed E-state index contributed by atoms with van der Waals surface area (Å²) >= 11 is 0. The molecular weight excluding hydrogens is 441 g/mol. The van der Waals surface area contributed by atoms with Crippen molar-refractivity contribution in [3.63, 3.8) is 0 Å². The summed E-state index contributed by atoms with van der Waals surface area (Å²) in [6, 6.07) is 1.60. The summed E-state index contributed by atoms with van der Waals surface area (Å²) in [5.41, 5.74) is 2.52. The number of fused-ring (bicyclic) bond motifs is 8. The molecule has 2 aliphatic carbocycles. The summed E-state index contributed by atoms with van der Waals surface area (Å²) in [5.74, 6) is 4.71.